The van der Waals surface area contributed by atoms with Crippen LogP contribution >= 0.6 is 12.4 Å². The number of halogens is 1. The monoisotopic (exact) mass is 336 g/mol. The second kappa shape index (κ2) is 8.16. The van der Waals surface area contributed by atoms with Crippen LogP contribution in [0.1, 0.15) is 50.5 Å². The van der Waals surface area contributed by atoms with Crippen LogP contribution in [0.5, 0.6) is 0 Å². The second-order valence-electron chi connectivity index (χ2n) is 7.36. The van der Waals surface area contributed by atoms with Gasteiger partial charge in [0.1, 0.15) is 0 Å². The van der Waals surface area contributed by atoms with E-state index in [1.165, 1.54) is 24.8 Å². The van der Waals surface area contributed by atoms with E-state index in [-0.39, 0.29) is 35.7 Å². The van der Waals surface area contributed by atoms with Crippen molar-refractivity contribution in [1.29, 1.82) is 0 Å². The molecule has 0 aromatic heterocycles. The molecule has 2 aliphatic carbocycles. The van der Waals surface area contributed by atoms with Crippen LogP contribution in [0.25, 0.3) is 0 Å². The molecule has 0 heterocycles. The molecule has 0 spiro atoms. The van der Waals surface area contributed by atoms with Crippen molar-refractivity contribution in [2.24, 2.45) is 17.1 Å². The SMILES string of the molecule is Cl.NC1CCCC(C(=O)NCC2(Cc3ccccc3)CCC2)C1. The summed E-state index contributed by atoms with van der Waals surface area (Å²) in [5.74, 6) is 0.368. The molecule has 128 valence electrons. The van der Waals surface area contributed by atoms with Gasteiger partial charge in [0.05, 0.1) is 0 Å². The number of rotatable bonds is 5. The Bertz CT molecular complexity index is 501. The van der Waals surface area contributed by atoms with Gasteiger partial charge in [-0.05, 0) is 49.5 Å². The minimum absolute atomic E-state index is 0. The average Bonchev–Trinajstić information content (AvgIpc) is 2.50. The topological polar surface area (TPSA) is 55.1 Å². The molecular formula is C19H29ClN2O. The number of hydrogen-bond donors (Lipinski definition) is 2. The van der Waals surface area contributed by atoms with E-state index >= 15 is 0 Å². The predicted octanol–water partition coefficient (Wildman–Crippen LogP) is 3.45. The minimum atomic E-state index is 0. The van der Waals surface area contributed by atoms with Gasteiger partial charge in [-0.25, -0.2) is 0 Å². The van der Waals surface area contributed by atoms with Crippen molar-refractivity contribution in [3.8, 4) is 0 Å². The van der Waals surface area contributed by atoms with Crippen molar-refractivity contribution >= 4 is 18.3 Å². The van der Waals surface area contributed by atoms with Gasteiger partial charge in [-0.1, -0.05) is 43.2 Å². The molecule has 1 aromatic rings. The van der Waals surface area contributed by atoms with Crippen molar-refractivity contribution in [3.05, 3.63) is 35.9 Å². The first kappa shape index (κ1) is 18.3. The van der Waals surface area contributed by atoms with Crippen LogP contribution in [0.2, 0.25) is 0 Å². The van der Waals surface area contributed by atoms with Gasteiger partial charge in [-0.2, -0.15) is 0 Å². The summed E-state index contributed by atoms with van der Waals surface area (Å²) < 4.78 is 0. The Morgan fingerprint density at radius 3 is 2.52 bits per heavy atom. The Kier molecular flexibility index (Phi) is 6.49. The van der Waals surface area contributed by atoms with Crippen LogP contribution < -0.4 is 11.1 Å². The van der Waals surface area contributed by atoms with Crippen LogP contribution in [-0.4, -0.2) is 18.5 Å². The Morgan fingerprint density at radius 2 is 1.91 bits per heavy atom. The third kappa shape index (κ3) is 4.71. The molecule has 2 atom stereocenters. The first-order valence-corrected chi connectivity index (χ1v) is 8.74. The molecule has 2 fully saturated rings. The van der Waals surface area contributed by atoms with Crippen LogP contribution in [0.3, 0.4) is 0 Å². The lowest BCUT2D eigenvalue weighted by Gasteiger charge is -2.42. The van der Waals surface area contributed by atoms with Crippen molar-refractivity contribution in [3.63, 3.8) is 0 Å². The number of carbonyl (C=O) groups excluding carboxylic acids is 1. The molecule has 0 bridgehead atoms. The van der Waals surface area contributed by atoms with Gasteiger partial charge in [-0.15, -0.1) is 12.4 Å². The number of carbonyl (C=O) groups is 1. The smallest absolute Gasteiger partial charge is 0.223 e. The van der Waals surface area contributed by atoms with Crippen LogP contribution in [0, 0.1) is 11.3 Å². The third-order valence-corrected chi connectivity index (χ3v) is 5.56. The quantitative estimate of drug-likeness (QED) is 0.865. The largest absolute Gasteiger partial charge is 0.355 e. The van der Waals surface area contributed by atoms with Crippen molar-refractivity contribution in [1.82, 2.24) is 5.32 Å². The molecule has 1 aromatic carbocycles. The van der Waals surface area contributed by atoms with Gasteiger partial charge in [0.25, 0.3) is 0 Å². The average molecular weight is 337 g/mol. The maximum Gasteiger partial charge on any atom is 0.223 e. The second-order valence-corrected chi connectivity index (χ2v) is 7.36. The molecule has 3 rings (SSSR count). The molecule has 2 aliphatic rings. The molecule has 2 saturated carbocycles. The highest BCUT2D eigenvalue weighted by Crippen LogP contribution is 2.43. The summed E-state index contributed by atoms with van der Waals surface area (Å²) in [6.45, 7) is 0.826. The molecule has 3 nitrogen and oxygen atoms in total. The summed E-state index contributed by atoms with van der Waals surface area (Å²) >= 11 is 0. The molecular weight excluding hydrogens is 308 g/mol. The summed E-state index contributed by atoms with van der Waals surface area (Å²) in [6.07, 6.45) is 8.85. The first-order valence-electron chi connectivity index (χ1n) is 8.74. The zero-order chi connectivity index (χ0) is 15.4. The molecule has 23 heavy (non-hydrogen) atoms. The maximum absolute atomic E-state index is 12.4. The van der Waals surface area contributed by atoms with E-state index in [9.17, 15) is 4.79 Å². The number of amides is 1. The maximum atomic E-state index is 12.4. The fourth-order valence-corrected chi connectivity index (χ4v) is 4.01. The normalized spacial score (nSPS) is 25.8. The Labute approximate surface area is 145 Å². The van der Waals surface area contributed by atoms with Gasteiger partial charge < -0.3 is 11.1 Å². The van der Waals surface area contributed by atoms with E-state index in [1.807, 2.05) is 0 Å². The zero-order valence-electron chi connectivity index (χ0n) is 13.8. The van der Waals surface area contributed by atoms with E-state index in [4.69, 9.17) is 5.73 Å². The van der Waals surface area contributed by atoms with Gasteiger partial charge in [0, 0.05) is 18.5 Å². The van der Waals surface area contributed by atoms with E-state index in [2.05, 4.69) is 35.6 Å². The Balaban J connectivity index is 0.00000192. The van der Waals surface area contributed by atoms with E-state index in [0.717, 1.165) is 38.6 Å². The Hall–Kier alpha value is -1.06. The molecule has 0 radical (unpaired) electrons. The van der Waals surface area contributed by atoms with Gasteiger partial charge in [0.15, 0.2) is 0 Å². The first-order chi connectivity index (χ1) is 10.7. The lowest BCUT2D eigenvalue weighted by Crippen LogP contribution is -2.46. The number of benzene rings is 1. The van der Waals surface area contributed by atoms with Gasteiger partial charge >= 0.3 is 0 Å². The summed E-state index contributed by atoms with van der Waals surface area (Å²) in [5.41, 5.74) is 7.68. The lowest BCUT2D eigenvalue weighted by atomic mass is 9.65. The van der Waals surface area contributed by atoms with E-state index in [1.54, 1.807) is 0 Å². The van der Waals surface area contributed by atoms with Crippen LogP contribution in [0.15, 0.2) is 30.3 Å². The minimum Gasteiger partial charge on any atom is -0.355 e. The predicted molar refractivity (Wildman–Crippen MR) is 96.6 cm³/mol. The molecule has 0 aliphatic heterocycles. The molecule has 4 heteroatoms. The van der Waals surface area contributed by atoms with Crippen molar-refractivity contribution in [2.45, 2.75) is 57.4 Å². The number of hydrogen-bond acceptors (Lipinski definition) is 2. The summed E-state index contributed by atoms with van der Waals surface area (Å²) in [7, 11) is 0. The highest BCUT2D eigenvalue weighted by molar-refractivity contribution is 5.85. The van der Waals surface area contributed by atoms with Gasteiger partial charge in [-0.3, -0.25) is 4.79 Å². The number of nitrogens with two attached hydrogens (primary N) is 1. The van der Waals surface area contributed by atoms with Crippen LogP contribution in [0.4, 0.5) is 0 Å². The number of nitrogens with one attached hydrogen (secondary N) is 1. The highest BCUT2D eigenvalue weighted by atomic mass is 35.5. The summed E-state index contributed by atoms with van der Waals surface area (Å²) in [5, 5.41) is 3.24. The Morgan fingerprint density at radius 1 is 1.17 bits per heavy atom. The standard InChI is InChI=1S/C19H28N2O.ClH/c20-17-9-4-8-16(12-17)18(22)21-14-19(10-5-11-19)13-15-6-2-1-3-7-15;/h1-3,6-7,16-17H,4-5,8-14,20H2,(H,21,22);1H. The molecule has 3 N–H and O–H groups in total. The molecule has 0 saturated heterocycles. The fourth-order valence-electron chi connectivity index (χ4n) is 4.01. The van der Waals surface area contributed by atoms with Crippen LogP contribution in [-0.2, 0) is 11.2 Å². The third-order valence-electron chi connectivity index (χ3n) is 5.56. The summed E-state index contributed by atoms with van der Waals surface area (Å²) in [4.78, 5) is 12.4. The molecule has 2 unspecified atom stereocenters. The summed E-state index contributed by atoms with van der Waals surface area (Å²) in [6, 6.07) is 10.9. The van der Waals surface area contributed by atoms with E-state index in [0.29, 0.717) is 0 Å². The van der Waals surface area contributed by atoms with Crippen molar-refractivity contribution in [2.75, 3.05) is 6.54 Å². The van der Waals surface area contributed by atoms with E-state index < -0.39 is 0 Å². The van der Waals surface area contributed by atoms with Crippen molar-refractivity contribution < 1.29 is 4.79 Å². The highest BCUT2D eigenvalue weighted by Gasteiger charge is 2.37. The van der Waals surface area contributed by atoms with Gasteiger partial charge in [0.2, 0.25) is 5.91 Å². The lowest BCUT2D eigenvalue weighted by molar-refractivity contribution is -0.127. The fraction of sp³-hybridized carbons (Fsp3) is 0.632. The zero-order valence-corrected chi connectivity index (χ0v) is 14.6. The molecule has 1 amide bonds.